The first-order valence-corrected chi connectivity index (χ1v) is 2.50. The third kappa shape index (κ3) is 1.90. The number of amidine groups is 1. The molecule has 0 amide bonds. The van der Waals surface area contributed by atoms with Gasteiger partial charge in [0.25, 0.3) is 0 Å². The van der Waals surface area contributed by atoms with Crippen molar-refractivity contribution < 1.29 is 9.85 Å². The van der Waals surface area contributed by atoms with E-state index >= 15 is 0 Å². The Morgan fingerprint density at radius 2 is 1.58 bits per heavy atom. The van der Waals surface area contributed by atoms with E-state index in [2.05, 4.69) is 0 Å². The lowest BCUT2D eigenvalue weighted by Crippen LogP contribution is -2.26. The molecule has 9 heteroatoms. The van der Waals surface area contributed by atoms with Crippen LogP contribution in [0.5, 0.6) is 0 Å². The van der Waals surface area contributed by atoms with E-state index in [1.807, 2.05) is 0 Å². The molecule has 0 aromatic carbocycles. The van der Waals surface area contributed by atoms with Crippen molar-refractivity contribution in [2.75, 3.05) is 0 Å². The topological polar surface area (TPSA) is 162 Å². The Balaban J connectivity index is 5.06. The first kappa shape index (κ1) is 9.81. The normalized spacial score (nSPS) is 8.67. The van der Waals surface area contributed by atoms with Gasteiger partial charge in [0.1, 0.15) is 0 Å². The highest BCUT2D eigenvalue weighted by Crippen LogP contribution is 1.98. The zero-order valence-electron chi connectivity index (χ0n) is 5.68. The Morgan fingerprint density at radius 3 is 1.67 bits per heavy atom. The molecule has 12 heavy (non-hydrogen) atoms. The van der Waals surface area contributed by atoms with Crippen molar-refractivity contribution in [2.45, 2.75) is 0 Å². The van der Waals surface area contributed by atoms with Crippen molar-refractivity contribution in [1.82, 2.24) is 0 Å². The average Bonchev–Trinajstić information content (AvgIpc) is 1.85. The summed E-state index contributed by atoms with van der Waals surface area (Å²) in [6, 6.07) is 0. The van der Waals surface area contributed by atoms with Crippen LogP contribution in [0.2, 0.25) is 0 Å². The summed E-state index contributed by atoms with van der Waals surface area (Å²) in [7, 11) is 0. The van der Waals surface area contributed by atoms with E-state index in [1.165, 1.54) is 0 Å². The maximum absolute atomic E-state index is 10.0. The van der Waals surface area contributed by atoms with Crippen molar-refractivity contribution >= 4 is 5.84 Å². The van der Waals surface area contributed by atoms with Crippen molar-refractivity contribution in [1.29, 1.82) is 5.41 Å². The van der Waals surface area contributed by atoms with Crippen molar-refractivity contribution in [3.05, 3.63) is 31.7 Å². The molecule has 0 bridgehead atoms. The summed E-state index contributed by atoms with van der Waals surface area (Å²) in [5.41, 5.74) is 8.30. The summed E-state index contributed by atoms with van der Waals surface area (Å²) in [5, 5.41) is 26.5. The summed E-state index contributed by atoms with van der Waals surface area (Å²) in [5.74, 6) is -2.29. The van der Waals surface area contributed by atoms with Crippen LogP contribution < -0.4 is 11.5 Å². The van der Waals surface area contributed by atoms with Gasteiger partial charge in [-0.3, -0.25) is 10.1 Å². The van der Waals surface area contributed by atoms with Crippen LogP contribution in [-0.4, -0.2) is 15.7 Å². The number of nitro groups is 2. The van der Waals surface area contributed by atoms with Gasteiger partial charge in [-0.25, -0.2) is 0 Å². The van der Waals surface area contributed by atoms with Crippen LogP contribution in [0.3, 0.4) is 0 Å². The van der Waals surface area contributed by atoms with Crippen LogP contribution in [0.1, 0.15) is 0 Å². The quantitative estimate of drug-likeness (QED) is 0.202. The molecule has 66 valence electrons. The molecule has 0 radical (unpaired) electrons. The van der Waals surface area contributed by atoms with Gasteiger partial charge >= 0.3 is 11.5 Å². The molecule has 5 N–H and O–H groups in total. The van der Waals surface area contributed by atoms with Gasteiger partial charge in [0.2, 0.25) is 0 Å². The SMILES string of the molecule is N=C(C(=C(N)N)[N+](=O)[O-])[N+](=O)[O-]. The van der Waals surface area contributed by atoms with Gasteiger partial charge in [-0.1, -0.05) is 5.41 Å². The van der Waals surface area contributed by atoms with Crippen LogP contribution in [0.25, 0.3) is 0 Å². The summed E-state index contributed by atoms with van der Waals surface area (Å²) >= 11 is 0. The fourth-order valence-corrected chi connectivity index (χ4v) is 0.415. The molecule has 0 unspecified atom stereocenters. The smallest absolute Gasteiger partial charge is 0.380 e. The fourth-order valence-electron chi connectivity index (χ4n) is 0.415. The lowest BCUT2D eigenvalue weighted by Gasteiger charge is -1.95. The molecule has 0 aliphatic heterocycles. The van der Waals surface area contributed by atoms with Crippen LogP contribution in [-0.2, 0) is 0 Å². The van der Waals surface area contributed by atoms with Crippen molar-refractivity contribution in [2.24, 2.45) is 11.5 Å². The lowest BCUT2D eigenvalue weighted by molar-refractivity contribution is -0.438. The number of nitrogens with zero attached hydrogens (tertiary/aromatic N) is 2. The molecule has 0 heterocycles. The van der Waals surface area contributed by atoms with Gasteiger partial charge in [-0.05, 0) is 4.92 Å². The average molecular weight is 175 g/mol. The second kappa shape index (κ2) is 3.27. The summed E-state index contributed by atoms with van der Waals surface area (Å²) in [6.45, 7) is 0. The van der Waals surface area contributed by atoms with Crippen LogP contribution in [0.15, 0.2) is 11.5 Å². The molecular weight excluding hydrogens is 170 g/mol. The molecule has 0 atom stereocenters. The molecule has 0 aromatic rings. The van der Waals surface area contributed by atoms with Gasteiger partial charge in [-0.15, -0.1) is 0 Å². The largest absolute Gasteiger partial charge is 0.438 e. The van der Waals surface area contributed by atoms with E-state index in [0.717, 1.165) is 0 Å². The Hall–Kier alpha value is -2.19. The molecule has 0 saturated carbocycles. The molecule has 0 aromatic heterocycles. The third-order valence-corrected chi connectivity index (χ3v) is 0.863. The molecule has 0 fully saturated rings. The fraction of sp³-hybridized carbons (Fsp3) is 0. The number of nitrogens with two attached hydrogens (primary N) is 2. The van der Waals surface area contributed by atoms with Crippen LogP contribution in [0.4, 0.5) is 0 Å². The van der Waals surface area contributed by atoms with Gasteiger partial charge in [0.15, 0.2) is 5.82 Å². The Kier molecular flexibility index (Phi) is 2.68. The van der Waals surface area contributed by atoms with E-state index in [4.69, 9.17) is 16.9 Å². The van der Waals surface area contributed by atoms with Crippen LogP contribution in [0, 0.1) is 25.6 Å². The zero-order valence-corrected chi connectivity index (χ0v) is 5.68. The molecule has 0 rings (SSSR count). The lowest BCUT2D eigenvalue weighted by atomic mass is 10.4. The van der Waals surface area contributed by atoms with Crippen molar-refractivity contribution in [3.8, 4) is 0 Å². The van der Waals surface area contributed by atoms with E-state index in [1.54, 1.807) is 0 Å². The number of hydrogen-bond donors (Lipinski definition) is 3. The minimum absolute atomic E-state index is 0.860. The second-order valence-electron chi connectivity index (χ2n) is 1.67. The molecular formula is C3H5N5O4. The Morgan fingerprint density at radius 1 is 1.17 bits per heavy atom. The standard InChI is InChI=1S/C3H5N5O4/c4-2(5)1(7(9)10)3(6)8(11)12/h6H,4-5H2. The maximum atomic E-state index is 10.0. The summed E-state index contributed by atoms with van der Waals surface area (Å²) in [6.07, 6.45) is 0. The molecule has 9 nitrogen and oxygen atoms in total. The van der Waals surface area contributed by atoms with E-state index < -0.39 is 27.2 Å². The molecule has 0 spiro atoms. The van der Waals surface area contributed by atoms with Gasteiger partial charge in [-0.2, -0.15) is 0 Å². The number of hydrogen-bond acceptors (Lipinski definition) is 7. The van der Waals surface area contributed by atoms with E-state index in [0.29, 0.717) is 0 Å². The second-order valence-corrected chi connectivity index (χ2v) is 1.67. The zero-order chi connectivity index (χ0) is 9.89. The van der Waals surface area contributed by atoms with Gasteiger partial charge in [0.05, 0.1) is 4.92 Å². The molecule has 0 saturated heterocycles. The summed E-state index contributed by atoms with van der Waals surface area (Å²) in [4.78, 5) is 17.5. The Bertz CT molecular complexity index is 276. The van der Waals surface area contributed by atoms with E-state index in [9.17, 15) is 20.2 Å². The maximum Gasteiger partial charge on any atom is 0.438 e. The minimum Gasteiger partial charge on any atom is -0.380 e. The highest BCUT2D eigenvalue weighted by Gasteiger charge is 2.31. The predicted octanol–water partition coefficient (Wildman–Crippen LogP) is -1.40. The summed E-state index contributed by atoms with van der Waals surface area (Å²) < 4.78 is 0. The number of nitrogens with one attached hydrogen (secondary N) is 1. The van der Waals surface area contributed by atoms with Crippen LogP contribution >= 0.6 is 0 Å². The monoisotopic (exact) mass is 175 g/mol. The molecule has 0 aliphatic carbocycles. The first-order valence-electron chi connectivity index (χ1n) is 2.50. The Labute approximate surface area is 65.5 Å². The first-order chi connectivity index (χ1) is 5.37. The van der Waals surface area contributed by atoms with Crippen molar-refractivity contribution in [3.63, 3.8) is 0 Å². The van der Waals surface area contributed by atoms with Gasteiger partial charge in [0, 0.05) is 0 Å². The third-order valence-electron chi connectivity index (χ3n) is 0.863. The molecule has 0 aliphatic rings. The van der Waals surface area contributed by atoms with E-state index in [-0.39, 0.29) is 0 Å². The van der Waals surface area contributed by atoms with Gasteiger partial charge < -0.3 is 21.6 Å². The number of rotatable bonds is 2. The minimum atomic E-state index is -1.43. The highest BCUT2D eigenvalue weighted by atomic mass is 16.6. The highest BCUT2D eigenvalue weighted by molar-refractivity contribution is 5.87. The predicted molar refractivity (Wildman–Crippen MR) is 37.1 cm³/mol.